The SMILES string of the molecule is CCOP(=O)(OCC)C1SC(C)=C(C)S1. The van der Waals surface area contributed by atoms with E-state index in [1.54, 1.807) is 23.5 Å². The molecule has 0 aliphatic carbocycles. The standard InChI is InChI=1S/C9H17O3PS2/c1-5-11-13(10,12-6-2)9-14-7(3)8(4)15-9/h9H,5-6H2,1-4H3. The van der Waals surface area contributed by atoms with Gasteiger partial charge in [0.25, 0.3) is 0 Å². The van der Waals surface area contributed by atoms with Crippen molar-refractivity contribution < 1.29 is 13.6 Å². The second kappa shape index (κ2) is 5.78. The first-order chi connectivity index (χ1) is 7.03. The number of hydrogen-bond donors (Lipinski definition) is 0. The summed E-state index contributed by atoms with van der Waals surface area (Å²) in [6, 6.07) is 0. The van der Waals surface area contributed by atoms with Gasteiger partial charge in [-0.1, -0.05) is 0 Å². The molecule has 0 unspecified atom stereocenters. The van der Waals surface area contributed by atoms with Crippen LogP contribution in [0.15, 0.2) is 9.81 Å². The maximum absolute atomic E-state index is 12.4. The highest BCUT2D eigenvalue weighted by molar-refractivity contribution is 8.29. The average Bonchev–Trinajstić information content (AvgIpc) is 2.48. The lowest BCUT2D eigenvalue weighted by molar-refractivity contribution is 0.223. The van der Waals surface area contributed by atoms with Gasteiger partial charge in [-0.15, -0.1) is 23.5 Å². The molecule has 15 heavy (non-hydrogen) atoms. The van der Waals surface area contributed by atoms with Crippen LogP contribution in [0.4, 0.5) is 0 Å². The summed E-state index contributed by atoms with van der Waals surface area (Å²) in [6.45, 7) is 8.59. The highest BCUT2D eigenvalue weighted by Crippen LogP contribution is 2.67. The van der Waals surface area contributed by atoms with Gasteiger partial charge in [0.15, 0.2) is 4.32 Å². The molecule has 0 aromatic heterocycles. The number of hydrogen-bond acceptors (Lipinski definition) is 5. The van der Waals surface area contributed by atoms with Crippen LogP contribution in [-0.4, -0.2) is 17.5 Å². The lowest BCUT2D eigenvalue weighted by Crippen LogP contribution is -2.04. The molecule has 1 aliphatic heterocycles. The second-order valence-electron chi connectivity index (χ2n) is 3.03. The van der Waals surface area contributed by atoms with E-state index < -0.39 is 7.60 Å². The van der Waals surface area contributed by atoms with Crippen molar-refractivity contribution in [2.24, 2.45) is 0 Å². The van der Waals surface area contributed by atoms with Crippen LogP contribution in [0.5, 0.6) is 0 Å². The quantitative estimate of drug-likeness (QED) is 0.696. The predicted octanol–water partition coefficient (Wildman–Crippen LogP) is 4.27. The molecule has 0 atom stereocenters. The van der Waals surface area contributed by atoms with Crippen molar-refractivity contribution >= 4 is 31.1 Å². The van der Waals surface area contributed by atoms with Gasteiger partial charge in [-0.05, 0) is 37.5 Å². The minimum Gasteiger partial charge on any atom is -0.307 e. The first-order valence-corrected chi connectivity index (χ1v) is 8.30. The van der Waals surface area contributed by atoms with E-state index in [-0.39, 0.29) is 4.32 Å². The van der Waals surface area contributed by atoms with Crippen LogP contribution >= 0.6 is 31.1 Å². The smallest absolute Gasteiger partial charge is 0.307 e. The first-order valence-electron chi connectivity index (χ1n) is 4.93. The van der Waals surface area contributed by atoms with E-state index in [2.05, 4.69) is 0 Å². The molecule has 0 saturated carbocycles. The Morgan fingerprint density at radius 2 is 1.53 bits per heavy atom. The summed E-state index contributed by atoms with van der Waals surface area (Å²) in [5.41, 5.74) is 0. The third-order valence-electron chi connectivity index (χ3n) is 1.93. The molecule has 88 valence electrons. The first kappa shape index (κ1) is 13.7. The lowest BCUT2D eigenvalue weighted by atomic mass is 10.6. The molecule has 3 nitrogen and oxygen atoms in total. The van der Waals surface area contributed by atoms with E-state index >= 15 is 0 Å². The van der Waals surface area contributed by atoms with E-state index in [4.69, 9.17) is 9.05 Å². The van der Waals surface area contributed by atoms with Gasteiger partial charge in [0, 0.05) is 0 Å². The molecule has 0 fully saturated rings. The van der Waals surface area contributed by atoms with Gasteiger partial charge in [-0.25, -0.2) is 0 Å². The van der Waals surface area contributed by atoms with Crippen LogP contribution in [0.25, 0.3) is 0 Å². The maximum Gasteiger partial charge on any atom is 0.354 e. The van der Waals surface area contributed by atoms with Crippen molar-refractivity contribution in [1.82, 2.24) is 0 Å². The number of thioether (sulfide) groups is 2. The van der Waals surface area contributed by atoms with Gasteiger partial charge >= 0.3 is 7.60 Å². The maximum atomic E-state index is 12.4. The van der Waals surface area contributed by atoms with Gasteiger partial charge in [0.05, 0.1) is 13.2 Å². The average molecular weight is 268 g/mol. The Labute approximate surface area is 99.9 Å². The highest BCUT2D eigenvalue weighted by atomic mass is 32.2. The molecule has 0 N–H and O–H groups in total. The molecular formula is C9H17O3PS2. The lowest BCUT2D eigenvalue weighted by Gasteiger charge is -2.21. The summed E-state index contributed by atoms with van der Waals surface area (Å²) < 4.78 is 22.9. The fourth-order valence-electron chi connectivity index (χ4n) is 1.14. The van der Waals surface area contributed by atoms with Gasteiger partial charge in [-0.3, -0.25) is 4.57 Å². The van der Waals surface area contributed by atoms with Gasteiger partial charge in [0.2, 0.25) is 0 Å². The fourth-order valence-corrected chi connectivity index (χ4v) is 7.17. The Bertz CT molecular complexity index is 280. The van der Waals surface area contributed by atoms with Crippen LogP contribution < -0.4 is 0 Å². The minimum absolute atomic E-state index is 0.127. The Morgan fingerprint density at radius 3 is 1.87 bits per heavy atom. The van der Waals surface area contributed by atoms with Crippen LogP contribution in [0.1, 0.15) is 27.7 Å². The Balaban J connectivity index is 2.72. The molecule has 6 heteroatoms. The van der Waals surface area contributed by atoms with Crippen LogP contribution in [0, 0.1) is 0 Å². The fraction of sp³-hybridized carbons (Fsp3) is 0.778. The van der Waals surface area contributed by atoms with E-state index in [0.717, 1.165) is 0 Å². The van der Waals surface area contributed by atoms with Gasteiger partial charge in [-0.2, -0.15) is 0 Å². The Kier molecular flexibility index (Phi) is 5.26. The highest BCUT2D eigenvalue weighted by Gasteiger charge is 2.40. The van der Waals surface area contributed by atoms with E-state index in [1.807, 2.05) is 27.7 Å². The Hall–Kier alpha value is 0.590. The molecular weight excluding hydrogens is 251 g/mol. The van der Waals surface area contributed by atoms with Crippen LogP contribution in [0.2, 0.25) is 0 Å². The molecule has 0 amide bonds. The summed E-state index contributed by atoms with van der Waals surface area (Å²) in [5.74, 6) is 0. The zero-order chi connectivity index (χ0) is 11.5. The summed E-state index contributed by atoms with van der Waals surface area (Å²) >= 11 is 3.18. The van der Waals surface area contributed by atoms with Crippen LogP contribution in [0.3, 0.4) is 0 Å². The minimum atomic E-state index is -2.96. The third kappa shape index (κ3) is 3.27. The van der Waals surface area contributed by atoms with Crippen molar-refractivity contribution in [3.8, 4) is 0 Å². The van der Waals surface area contributed by atoms with Crippen LogP contribution in [-0.2, 0) is 13.6 Å². The van der Waals surface area contributed by atoms with Gasteiger partial charge < -0.3 is 9.05 Å². The van der Waals surface area contributed by atoms with Crippen molar-refractivity contribution in [2.45, 2.75) is 32.0 Å². The predicted molar refractivity (Wildman–Crippen MR) is 68.2 cm³/mol. The molecule has 0 radical (unpaired) electrons. The summed E-state index contributed by atoms with van der Waals surface area (Å²) in [4.78, 5) is 2.43. The van der Waals surface area contributed by atoms with Crippen molar-refractivity contribution in [2.75, 3.05) is 13.2 Å². The molecule has 0 saturated heterocycles. The molecule has 0 bridgehead atoms. The monoisotopic (exact) mass is 268 g/mol. The number of rotatable bonds is 5. The summed E-state index contributed by atoms with van der Waals surface area (Å²) in [6.07, 6.45) is 0. The molecule has 1 aliphatic rings. The molecule has 1 rings (SSSR count). The van der Waals surface area contributed by atoms with Crippen molar-refractivity contribution in [3.63, 3.8) is 0 Å². The zero-order valence-electron chi connectivity index (χ0n) is 9.48. The third-order valence-corrected chi connectivity index (χ3v) is 8.29. The second-order valence-corrected chi connectivity index (χ2v) is 8.78. The summed E-state index contributed by atoms with van der Waals surface area (Å²) in [5, 5.41) is 0. The largest absolute Gasteiger partial charge is 0.354 e. The molecule has 0 aromatic carbocycles. The number of allylic oxidation sites excluding steroid dienone is 2. The normalized spacial score (nSPS) is 18.9. The van der Waals surface area contributed by atoms with E-state index in [0.29, 0.717) is 13.2 Å². The Morgan fingerprint density at radius 1 is 1.13 bits per heavy atom. The molecule has 0 aromatic rings. The van der Waals surface area contributed by atoms with E-state index in [9.17, 15) is 4.57 Å². The van der Waals surface area contributed by atoms with Gasteiger partial charge in [0.1, 0.15) is 0 Å². The molecule has 1 heterocycles. The van der Waals surface area contributed by atoms with Crippen molar-refractivity contribution in [1.29, 1.82) is 0 Å². The topological polar surface area (TPSA) is 35.5 Å². The molecule has 0 spiro atoms. The van der Waals surface area contributed by atoms with E-state index in [1.165, 1.54) is 9.81 Å². The summed E-state index contributed by atoms with van der Waals surface area (Å²) in [7, 11) is -2.96. The zero-order valence-corrected chi connectivity index (χ0v) is 12.0. The van der Waals surface area contributed by atoms with Crippen molar-refractivity contribution in [3.05, 3.63) is 9.81 Å².